The molecule has 0 spiro atoms. The fourth-order valence-electron chi connectivity index (χ4n) is 5.01. The Balaban J connectivity index is 1.60. The number of aliphatic imine (C=N–C) groups is 1. The maximum absolute atomic E-state index is 12.9. The van der Waals surface area contributed by atoms with Crippen LogP contribution in [-0.4, -0.2) is 37.4 Å². The predicted octanol–water partition coefficient (Wildman–Crippen LogP) is 3.66. The fraction of sp³-hybridized carbons (Fsp3) is 0.346. The molecular weight excluding hydrogens is 390 g/mol. The molecule has 0 saturated heterocycles. The number of nitrogens with zero attached hydrogens (tertiary/aromatic N) is 1. The largest absolute Gasteiger partial charge is 0.469 e. The molecule has 1 heterocycles. The van der Waals surface area contributed by atoms with Gasteiger partial charge in [0.05, 0.1) is 20.1 Å². The van der Waals surface area contributed by atoms with Crippen LogP contribution in [0.3, 0.4) is 0 Å². The van der Waals surface area contributed by atoms with Crippen LogP contribution in [0.15, 0.2) is 65.7 Å². The summed E-state index contributed by atoms with van der Waals surface area (Å²) in [6, 6.07) is 19.6. The first-order valence-corrected chi connectivity index (χ1v) is 10.5. The van der Waals surface area contributed by atoms with Gasteiger partial charge in [0, 0.05) is 23.6 Å². The first-order chi connectivity index (χ1) is 15.1. The Morgan fingerprint density at radius 2 is 1.71 bits per heavy atom. The summed E-state index contributed by atoms with van der Waals surface area (Å²) in [5, 5.41) is 0. The van der Waals surface area contributed by atoms with E-state index in [1.54, 1.807) is 0 Å². The average molecular weight is 415 g/mol. The van der Waals surface area contributed by atoms with Gasteiger partial charge in [-0.3, -0.25) is 9.79 Å². The van der Waals surface area contributed by atoms with E-state index in [1.165, 1.54) is 14.2 Å². The van der Waals surface area contributed by atoms with Crippen molar-refractivity contribution in [2.75, 3.05) is 14.2 Å². The summed E-state index contributed by atoms with van der Waals surface area (Å²) in [5.74, 6) is 4.68. The summed E-state index contributed by atoms with van der Waals surface area (Å²) in [7, 11) is 2.70. The monoisotopic (exact) mass is 415 g/mol. The number of rotatable bonds is 5. The fourth-order valence-corrected chi connectivity index (χ4v) is 5.01. The first-order valence-electron chi connectivity index (χ1n) is 10.5. The summed E-state index contributed by atoms with van der Waals surface area (Å²) in [4.78, 5) is 30.4. The zero-order valence-electron chi connectivity index (χ0n) is 17.7. The van der Waals surface area contributed by atoms with Crippen LogP contribution in [0.1, 0.15) is 30.4 Å². The molecule has 158 valence electrons. The zero-order valence-corrected chi connectivity index (χ0v) is 17.7. The van der Waals surface area contributed by atoms with Crippen molar-refractivity contribution < 1.29 is 19.1 Å². The number of esters is 2. The molecular formula is C26H25NO4. The predicted molar refractivity (Wildman–Crippen MR) is 117 cm³/mol. The van der Waals surface area contributed by atoms with E-state index in [-0.39, 0.29) is 11.8 Å². The first kappa shape index (κ1) is 20.9. The zero-order chi connectivity index (χ0) is 21.8. The molecule has 2 aromatic rings. The van der Waals surface area contributed by atoms with Crippen molar-refractivity contribution in [2.24, 2.45) is 22.7 Å². The highest BCUT2D eigenvalue weighted by molar-refractivity contribution is 6.07. The number of ether oxygens (including phenoxy) is 2. The van der Waals surface area contributed by atoms with Gasteiger partial charge in [-0.15, -0.1) is 0 Å². The number of hydrogen-bond donors (Lipinski definition) is 0. The van der Waals surface area contributed by atoms with Crippen molar-refractivity contribution in [2.45, 2.75) is 24.8 Å². The smallest absolute Gasteiger partial charge is 0.334 e. The molecule has 0 N–H and O–H groups in total. The van der Waals surface area contributed by atoms with Gasteiger partial charge < -0.3 is 9.47 Å². The number of carbonyl (C=O) groups is 2. The number of fused-ring (bicyclic) bond motifs is 1. The number of carbonyl (C=O) groups excluding carboxylic acids is 2. The van der Waals surface area contributed by atoms with Crippen LogP contribution in [-0.2, 0) is 19.1 Å². The minimum absolute atomic E-state index is 0.0402. The summed E-state index contributed by atoms with van der Waals surface area (Å²) in [6.07, 6.45) is 1.95. The van der Waals surface area contributed by atoms with Gasteiger partial charge in [0.2, 0.25) is 0 Å². The number of methoxy groups -OCH3 is 2. The Morgan fingerprint density at radius 3 is 2.35 bits per heavy atom. The van der Waals surface area contributed by atoms with E-state index < -0.39 is 23.4 Å². The molecule has 1 aliphatic heterocycles. The van der Waals surface area contributed by atoms with Crippen LogP contribution in [0.4, 0.5) is 0 Å². The van der Waals surface area contributed by atoms with Crippen LogP contribution in [0.2, 0.25) is 0 Å². The van der Waals surface area contributed by atoms with Gasteiger partial charge in [-0.05, 0) is 36.5 Å². The summed E-state index contributed by atoms with van der Waals surface area (Å²) >= 11 is 0. The molecule has 0 bridgehead atoms. The molecule has 31 heavy (non-hydrogen) atoms. The Labute approximate surface area is 182 Å². The quantitative estimate of drug-likeness (QED) is 0.552. The van der Waals surface area contributed by atoms with Crippen LogP contribution in [0, 0.1) is 29.6 Å². The summed E-state index contributed by atoms with van der Waals surface area (Å²) in [5.41, 5.74) is 1.55. The van der Waals surface area contributed by atoms with Gasteiger partial charge in [0.15, 0.2) is 5.54 Å². The normalized spacial score (nSPS) is 25.9. The second-order valence-corrected chi connectivity index (χ2v) is 7.92. The molecule has 0 aromatic heterocycles. The van der Waals surface area contributed by atoms with Crippen molar-refractivity contribution in [3.05, 3.63) is 71.8 Å². The Kier molecular flexibility index (Phi) is 5.90. The van der Waals surface area contributed by atoms with Gasteiger partial charge in [-0.2, -0.15) is 0 Å². The maximum atomic E-state index is 12.9. The molecule has 1 aliphatic carbocycles. The van der Waals surface area contributed by atoms with Crippen molar-refractivity contribution in [1.29, 1.82) is 0 Å². The van der Waals surface area contributed by atoms with Crippen LogP contribution >= 0.6 is 0 Å². The Morgan fingerprint density at radius 1 is 1.03 bits per heavy atom. The lowest BCUT2D eigenvalue weighted by Crippen LogP contribution is -2.66. The molecule has 0 radical (unpaired) electrons. The van der Waals surface area contributed by atoms with Crippen molar-refractivity contribution in [1.82, 2.24) is 0 Å². The highest BCUT2D eigenvalue weighted by atomic mass is 16.5. The molecule has 1 fully saturated rings. The maximum Gasteiger partial charge on any atom is 0.334 e. The van der Waals surface area contributed by atoms with E-state index in [4.69, 9.17) is 14.5 Å². The van der Waals surface area contributed by atoms with E-state index in [0.29, 0.717) is 19.3 Å². The molecule has 4 atom stereocenters. The molecule has 5 heteroatoms. The second-order valence-electron chi connectivity index (χ2n) is 7.92. The third kappa shape index (κ3) is 3.63. The van der Waals surface area contributed by atoms with Crippen LogP contribution in [0.5, 0.6) is 0 Å². The van der Waals surface area contributed by atoms with Gasteiger partial charge in [0.1, 0.15) is 0 Å². The van der Waals surface area contributed by atoms with Gasteiger partial charge in [0.25, 0.3) is 0 Å². The second kappa shape index (κ2) is 8.77. The summed E-state index contributed by atoms with van der Waals surface area (Å²) < 4.78 is 10.2. The van der Waals surface area contributed by atoms with Crippen molar-refractivity contribution in [3.8, 4) is 11.8 Å². The molecule has 2 aliphatic rings. The third-order valence-electron chi connectivity index (χ3n) is 6.40. The van der Waals surface area contributed by atoms with E-state index in [1.807, 2.05) is 60.7 Å². The van der Waals surface area contributed by atoms with Gasteiger partial charge >= 0.3 is 11.9 Å². The highest BCUT2D eigenvalue weighted by Gasteiger charge is 2.72. The number of benzene rings is 2. The molecule has 0 unspecified atom stereocenters. The molecule has 4 rings (SSSR count). The Hall–Kier alpha value is -3.39. The minimum atomic E-state index is -1.20. The van der Waals surface area contributed by atoms with Gasteiger partial charge in [-0.1, -0.05) is 60.4 Å². The third-order valence-corrected chi connectivity index (χ3v) is 6.40. The van der Waals surface area contributed by atoms with E-state index in [0.717, 1.165) is 16.8 Å². The highest BCUT2D eigenvalue weighted by Crippen LogP contribution is 2.60. The topological polar surface area (TPSA) is 65.0 Å². The standard InChI is InChI=1S/C26H25NO4/c1-30-24(28)23-20(16-10-9-13-18-11-5-3-6-12-18)21-17-22(19-14-7-4-8-15-19)27-26(21,23)25(29)31-2/h3-8,11-12,14-15,20-21,23H,10,16-17H2,1-2H3/t20-,21+,23-,26+/m1/s1. The molecule has 5 nitrogen and oxygen atoms in total. The van der Waals surface area contributed by atoms with E-state index in [2.05, 4.69) is 11.8 Å². The average Bonchev–Trinajstić information content (AvgIpc) is 3.15. The lowest BCUT2D eigenvalue weighted by atomic mass is 9.50. The molecule has 1 saturated carbocycles. The van der Waals surface area contributed by atoms with E-state index in [9.17, 15) is 9.59 Å². The molecule has 0 amide bonds. The Bertz CT molecular complexity index is 1050. The van der Waals surface area contributed by atoms with Crippen LogP contribution in [0.25, 0.3) is 0 Å². The lowest BCUT2D eigenvalue weighted by Gasteiger charge is -2.52. The van der Waals surface area contributed by atoms with E-state index >= 15 is 0 Å². The van der Waals surface area contributed by atoms with Crippen LogP contribution < -0.4 is 0 Å². The minimum Gasteiger partial charge on any atom is -0.469 e. The SMILES string of the molecule is COC(=O)[C@H]1[C@H](CCC#Cc2ccccc2)[C@@H]2CC(c3ccccc3)=N[C@@]21C(=O)OC. The summed E-state index contributed by atoms with van der Waals surface area (Å²) in [6.45, 7) is 0. The number of hydrogen-bond acceptors (Lipinski definition) is 5. The lowest BCUT2D eigenvalue weighted by molar-refractivity contribution is -0.181. The van der Waals surface area contributed by atoms with Gasteiger partial charge in [-0.25, -0.2) is 4.79 Å². The molecule has 2 aromatic carbocycles. The van der Waals surface area contributed by atoms with Crippen molar-refractivity contribution in [3.63, 3.8) is 0 Å². The van der Waals surface area contributed by atoms with Crippen molar-refractivity contribution >= 4 is 17.7 Å².